The zero-order valence-corrected chi connectivity index (χ0v) is 10.4. The van der Waals surface area contributed by atoms with E-state index in [2.05, 4.69) is 30.9 Å². The lowest BCUT2D eigenvalue weighted by Gasteiger charge is -2.12. The Bertz CT molecular complexity index is 503. The molecule has 4 heteroatoms. The standard InChI is InChI=1S/C12H17N3O/c1-8-9(7-15(5)14-8)10-6-13-11(16-10)12(2,3)4/h6-7H,1-5H3. The van der Waals surface area contributed by atoms with Gasteiger partial charge in [-0.25, -0.2) is 4.98 Å². The first-order valence-corrected chi connectivity index (χ1v) is 5.35. The van der Waals surface area contributed by atoms with Gasteiger partial charge in [0.15, 0.2) is 11.7 Å². The molecule has 0 atom stereocenters. The van der Waals surface area contributed by atoms with E-state index in [0.29, 0.717) is 0 Å². The minimum atomic E-state index is -0.0611. The molecule has 16 heavy (non-hydrogen) atoms. The summed E-state index contributed by atoms with van der Waals surface area (Å²) in [5.74, 6) is 1.54. The summed E-state index contributed by atoms with van der Waals surface area (Å²) in [7, 11) is 1.90. The quantitative estimate of drug-likeness (QED) is 0.740. The average molecular weight is 219 g/mol. The molecule has 2 aromatic rings. The Morgan fingerprint density at radius 2 is 2.00 bits per heavy atom. The highest BCUT2D eigenvalue weighted by Gasteiger charge is 2.21. The summed E-state index contributed by atoms with van der Waals surface area (Å²) in [6.45, 7) is 8.21. The molecule has 2 rings (SSSR count). The predicted octanol–water partition coefficient (Wildman–Crippen LogP) is 2.68. The summed E-state index contributed by atoms with van der Waals surface area (Å²) in [4.78, 5) is 4.31. The van der Waals surface area contributed by atoms with Gasteiger partial charge in [0.25, 0.3) is 0 Å². The average Bonchev–Trinajstić information content (AvgIpc) is 2.70. The molecule has 0 fully saturated rings. The number of hydrogen-bond acceptors (Lipinski definition) is 3. The van der Waals surface area contributed by atoms with Gasteiger partial charge in [-0.15, -0.1) is 0 Å². The van der Waals surface area contributed by atoms with E-state index < -0.39 is 0 Å². The van der Waals surface area contributed by atoms with Crippen molar-refractivity contribution in [1.82, 2.24) is 14.8 Å². The Morgan fingerprint density at radius 3 is 2.44 bits per heavy atom. The molecule has 4 nitrogen and oxygen atoms in total. The topological polar surface area (TPSA) is 43.9 Å². The van der Waals surface area contributed by atoms with Gasteiger partial charge in [-0.3, -0.25) is 4.68 Å². The Labute approximate surface area is 95.3 Å². The molecule has 0 saturated heterocycles. The highest BCUT2D eigenvalue weighted by Crippen LogP contribution is 2.28. The molecule has 86 valence electrons. The summed E-state index contributed by atoms with van der Waals surface area (Å²) in [5, 5.41) is 4.29. The van der Waals surface area contributed by atoms with Gasteiger partial charge >= 0.3 is 0 Å². The van der Waals surface area contributed by atoms with Crippen LogP contribution in [0.1, 0.15) is 32.4 Å². The van der Waals surface area contributed by atoms with E-state index in [1.807, 2.05) is 20.2 Å². The SMILES string of the molecule is Cc1nn(C)cc1-c1cnc(C(C)(C)C)o1. The van der Waals surface area contributed by atoms with Crippen LogP contribution in [0.2, 0.25) is 0 Å². The Kier molecular flexibility index (Phi) is 2.37. The van der Waals surface area contributed by atoms with Gasteiger partial charge in [-0.1, -0.05) is 20.8 Å². The van der Waals surface area contributed by atoms with E-state index in [4.69, 9.17) is 4.42 Å². The lowest BCUT2D eigenvalue weighted by molar-refractivity contribution is 0.399. The molecule has 2 aromatic heterocycles. The van der Waals surface area contributed by atoms with E-state index >= 15 is 0 Å². The molecule has 0 aliphatic rings. The smallest absolute Gasteiger partial charge is 0.200 e. The van der Waals surface area contributed by atoms with Crippen molar-refractivity contribution < 1.29 is 4.42 Å². The molecule has 0 aliphatic heterocycles. The largest absolute Gasteiger partial charge is 0.440 e. The van der Waals surface area contributed by atoms with Gasteiger partial charge < -0.3 is 4.42 Å². The van der Waals surface area contributed by atoms with Gasteiger partial charge in [0.2, 0.25) is 0 Å². The van der Waals surface area contributed by atoms with Crippen LogP contribution in [0.25, 0.3) is 11.3 Å². The minimum absolute atomic E-state index is 0.0611. The van der Waals surface area contributed by atoms with Crippen molar-refractivity contribution in [2.75, 3.05) is 0 Å². The molecule has 0 aliphatic carbocycles. The van der Waals surface area contributed by atoms with E-state index in [1.165, 1.54) is 0 Å². The number of nitrogens with zero attached hydrogens (tertiary/aromatic N) is 3. The maximum absolute atomic E-state index is 5.76. The zero-order chi connectivity index (χ0) is 11.9. The summed E-state index contributed by atoms with van der Waals surface area (Å²) in [5.41, 5.74) is 1.90. The van der Waals surface area contributed by atoms with Crippen LogP contribution in [0.15, 0.2) is 16.8 Å². The van der Waals surface area contributed by atoms with Crippen molar-refractivity contribution in [3.05, 3.63) is 24.0 Å². The first kappa shape index (κ1) is 10.9. The van der Waals surface area contributed by atoms with Crippen LogP contribution >= 0.6 is 0 Å². The fraction of sp³-hybridized carbons (Fsp3) is 0.500. The Hall–Kier alpha value is -1.58. The van der Waals surface area contributed by atoms with E-state index in [0.717, 1.165) is 22.9 Å². The second-order valence-corrected chi connectivity index (χ2v) is 5.08. The van der Waals surface area contributed by atoms with Crippen LogP contribution < -0.4 is 0 Å². The number of aromatic nitrogens is 3. The molecule has 0 amide bonds. The normalized spacial score (nSPS) is 12.1. The molecule has 0 aromatic carbocycles. The van der Waals surface area contributed by atoms with Gasteiger partial charge in [-0.2, -0.15) is 5.10 Å². The zero-order valence-electron chi connectivity index (χ0n) is 10.4. The lowest BCUT2D eigenvalue weighted by atomic mass is 9.97. The van der Waals surface area contributed by atoms with Gasteiger partial charge in [0.05, 0.1) is 17.5 Å². The highest BCUT2D eigenvalue weighted by atomic mass is 16.4. The highest BCUT2D eigenvalue weighted by molar-refractivity contribution is 5.58. The molecule has 0 N–H and O–H groups in total. The third kappa shape index (κ3) is 1.87. The van der Waals surface area contributed by atoms with E-state index in [1.54, 1.807) is 10.9 Å². The van der Waals surface area contributed by atoms with Crippen LogP contribution in [0.3, 0.4) is 0 Å². The lowest BCUT2D eigenvalue weighted by Crippen LogP contribution is -2.10. The third-order valence-corrected chi connectivity index (χ3v) is 2.43. The first-order valence-electron chi connectivity index (χ1n) is 5.35. The first-order chi connectivity index (χ1) is 7.38. The van der Waals surface area contributed by atoms with Crippen LogP contribution in [0, 0.1) is 6.92 Å². The van der Waals surface area contributed by atoms with E-state index in [9.17, 15) is 0 Å². The van der Waals surface area contributed by atoms with Gasteiger partial charge in [-0.05, 0) is 6.92 Å². The summed E-state index contributed by atoms with van der Waals surface area (Å²) in [6, 6.07) is 0. The van der Waals surface area contributed by atoms with Crippen LogP contribution in [-0.2, 0) is 12.5 Å². The number of hydrogen-bond donors (Lipinski definition) is 0. The van der Waals surface area contributed by atoms with Crippen molar-refractivity contribution in [2.45, 2.75) is 33.1 Å². The second-order valence-electron chi connectivity index (χ2n) is 5.08. The van der Waals surface area contributed by atoms with E-state index in [-0.39, 0.29) is 5.41 Å². The summed E-state index contributed by atoms with van der Waals surface area (Å²) in [6.07, 6.45) is 3.72. The summed E-state index contributed by atoms with van der Waals surface area (Å²) < 4.78 is 7.55. The molecule has 0 unspecified atom stereocenters. The number of rotatable bonds is 1. The van der Waals surface area contributed by atoms with Crippen molar-refractivity contribution >= 4 is 0 Å². The number of oxazole rings is 1. The monoisotopic (exact) mass is 219 g/mol. The Morgan fingerprint density at radius 1 is 1.31 bits per heavy atom. The van der Waals surface area contributed by atoms with Crippen molar-refractivity contribution in [2.24, 2.45) is 7.05 Å². The molecule has 2 heterocycles. The fourth-order valence-corrected chi connectivity index (χ4v) is 1.59. The molecule has 0 saturated carbocycles. The second kappa shape index (κ2) is 3.47. The van der Waals surface area contributed by atoms with Crippen LogP contribution in [-0.4, -0.2) is 14.8 Å². The molecule has 0 radical (unpaired) electrons. The van der Waals surface area contributed by atoms with Crippen molar-refractivity contribution in [3.8, 4) is 11.3 Å². The molecule has 0 spiro atoms. The minimum Gasteiger partial charge on any atom is -0.440 e. The maximum Gasteiger partial charge on any atom is 0.200 e. The predicted molar refractivity (Wildman–Crippen MR) is 62.1 cm³/mol. The third-order valence-electron chi connectivity index (χ3n) is 2.43. The molecular weight excluding hydrogens is 202 g/mol. The molecule has 0 bridgehead atoms. The fourth-order valence-electron chi connectivity index (χ4n) is 1.59. The summed E-state index contributed by atoms with van der Waals surface area (Å²) >= 11 is 0. The number of aryl methyl sites for hydroxylation is 2. The van der Waals surface area contributed by atoms with Gasteiger partial charge in [0, 0.05) is 18.7 Å². The maximum atomic E-state index is 5.76. The van der Waals surface area contributed by atoms with Gasteiger partial charge in [0.1, 0.15) is 0 Å². The Balaban J connectivity index is 2.43. The molecular formula is C12H17N3O. The van der Waals surface area contributed by atoms with Crippen LogP contribution in [0.5, 0.6) is 0 Å². The van der Waals surface area contributed by atoms with Crippen LogP contribution in [0.4, 0.5) is 0 Å². The van der Waals surface area contributed by atoms with Crippen molar-refractivity contribution in [3.63, 3.8) is 0 Å². The van der Waals surface area contributed by atoms with Crippen molar-refractivity contribution in [1.29, 1.82) is 0 Å².